The van der Waals surface area contributed by atoms with E-state index in [-0.39, 0.29) is 25.5 Å². The maximum atomic E-state index is 10.3. The van der Waals surface area contributed by atoms with Gasteiger partial charge >= 0.3 is 0 Å². The Morgan fingerprint density at radius 1 is 1.03 bits per heavy atom. The summed E-state index contributed by atoms with van der Waals surface area (Å²) in [5, 5.41) is 10.3. The molecule has 0 radical (unpaired) electrons. The molecule has 1 spiro atoms. The van der Waals surface area contributed by atoms with E-state index in [2.05, 4.69) is 45.1 Å². The van der Waals surface area contributed by atoms with Gasteiger partial charge in [0, 0.05) is 31.9 Å². The molecule has 1 aromatic carbocycles. The summed E-state index contributed by atoms with van der Waals surface area (Å²) >= 11 is 0. The number of aliphatic imine (C=N–C) groups is 1. The first-order valence-corrected chi connectivity index (χ1v) is 13.0. The number of aliphatic hydroxyl groups excluding tert-OH is 1. The number of aromatic nitrogens is 3. The van der Waals surface area contributed by atoms with Gasteiger partial charge in [-0.3, -0.25) is 9.98 Å². The Morgan fingerprint density at radius 3 is 2.68 bits per heavy atom. The molecule has 1 aliphatic carbocycles. The van der Waals surface area contributed by atoms with Crippen LogP contribution in [0, 0.1) is 5.41 Å². The van der Waals surface area contributed by atoms with Crippen LogP contribution in [0.4, 0.5) is 11.5 Å². The molecule has 0 amide bonds. The van der Waals surface area contributed by atoms with Gasteiger partial charge in [-0.25, -0.2) is 9.97 Å². The van der Waals surface area contributed by atoms with Gasteiger partial charge in [0.2, 0.25) is 0 Å². The van der Waals surface area contributed by atoms with Crippen LogP contribution in [-0.4, -0.2) is 45.5 Å². The number of hydrogen-bond acceptors (Lipinski definition) is 8. The molecule has 0 bridgehead atoms. The highest BCUT2D eigenvalue weighted by molar-refractivity contribution is 6.11. The number of pyridine rings is 1. The summed E-state index contributed by atoms with van der Waals surface area (Å²) in [7, 11) is 0. The first-order chi connectivity index (χ1) is 17.7. The fraction of sp³-hybridized carbons (Fsp3) is 0.448. The number of aryl methyl sites for hydroxylation is 1. The molecule has 4 aliphatic rings. The van der Waals surface area contributed by atoms with E-state index in [4.69, 9.17) is 20.7 Å². The first kappa shape index (κ1) is 24.0. The van der Waals surface area contributed by atoms with Crippen molar-refractivity contribution < 1.29 is 5.11 Å². The van der Waals surface area contributed by atoms with Gasteiger partial charge in [0.15, 0.2) is 11.7 Å². The molecule has 2 aromatic heterocycles. The van der Waals surface area contributed by atoms with E-state index in [1.807, 2.05) is 12.3 Å². The van der Waals surface area contributed by atoms with Gasteiger partial charge in [0.1, 0.15) is 11.4 Å². The molecular weight excluding hydrogens is 462 g/mol. The molecule has 7 rings (SSSR count). The lowest BCUT2D eigenvalue weighted by molar-refractivity contribution is 0.186. The smallest absolute Gasteiger partial charge is 0.156 e. The Bertz CT molecular complexity index is 1360. The second-order valence-electron chi connectivity index (χ2n) is 10.5. The van der Waals surface area contributed by atoms with Crippen molar-refractivity contribution in [2.45, 2.75) is 58.7 Å². The van der Waals surface area contributed by atoms with Gasteiger partial charge in [-0.15, -0.1) is 0 Å². The van der Waals surface area contributed by atoms with Gasteiger partial charge in [-0.1, -0.05) is 31.7 Å². The number of rotatable bonds is 2. The Hall–Kier alpha value is -3.36. The predicted molar refractivity (Wildman–Crippen MR) is 146 cm³/mol. The van der Waals surface area contributed by atoms with Crippen LogP contribution in [0.25, 0.3) is 0 Å². The van der Waals surface area contributed by atoms with Gasteiger partial charge in [0.05, 0.1) is 30.2 Å². The van der Waals surface area contributed by atoms with E-state index < -0.39 is 0 Å². The highest BCUT2D eigenvalue weighted by atomic mass is 16.3. The number of fused-ring (bicyclic) bond motifs is 3. The minimum Gasteiger partial charge on any atom is -0.390 e. The van der Waals surface area contributed by atoms with Crippen LogP contribution in [-0.2, 0) is 26.0 Å². The molecule has 37 heavy (non-hydrogen) atoms. The molecule has 5 heterocycles. The predicted octanol–water partition coefficient (Wildman–Crippen LogP) is 3.56. The topological polar surface area (TPSA) is 104 Å². The minimum absolute atomic E-state index is 0. The number of amidine groups is 1. The van der Waals surface area contributed by atoms with Crippen molar-refractivity contribution in [3.63, 3.8) is 0 Å². The van der Waals surface area contributed by atoms with Crippen molar-refractivity contribution in [1.82, 2.24) is 15.0 Å². The van der Waals surface area contributed by atoms with Crippen LogP contribution in [0.15, 0.2) is 47.6 Å². The van der Waals surface area contributed by atoms with Crippen LogP contribution in [0.5, 0.6) is 0 Å². The molecule has 3 N–H and O–H groups in total. The number of aliphatic hydroxyl groups is 1. The van der Waals surface area contributed by atoms with E-state index in [0.717, 1.165) is 86.2 Å². The number of hydrogen-bond donors (Lipinski definition) is 2. The summed E-state index contributed by atoms with van der Waals surface area (Å²) < 4.78 is 0. The van der Waals surface area contributed by atoms with Crippen molar-refractivity contribution in [2.75, 3.05) is 29.4 Å². The van der Waals surface area contributed by atoms with Crippen molar-refractivity contribution in [2.24, 2.45) is 16.1 Å². The highest BCUT2D eigenvalue weighted by Gasteiger charge is 2.46. The fourth-order valence-corrected chi connectivity index (χ4v) is 6.66. The molecule has 0 saturated carbocycles. The zero-order valence-electron chi connectivity index (χ0n) is 20.4. The molecule has 8 nitrogen and oxygen atoms in total. The monoisotopic (exact) mass is 497 g/mol. The molecular formula is C29H35N7O. The van der Waals surface area contributed by atoms with Crippen molar-refractivity contribution in [1.29, 1.82) is 0 Å². The molecule has 1 unspecified atom stereocenters. The van der Waals surface area contributed by atoms with Crippen LogP contribution < -0.4 is 15.5 Å². The van der Waals surface area contributed by atoms with E-state index >= 15 is 0 Å². The number of nitrogens with two attached hydrogens (primary N) is 1. The fourth-order valence-electron chi connectivity index (χ4n) is 6.66. The maximum absolute atomic E-state index is 10.3. The Balaban J connectivity index is 0.00000252. The van der Waals surface area contributed by atoms with Crippen LogP contribution in [0.2, 0.25) is 0 Å². The lowest BCUT2D eigenvalue weighted by atomic mass is 9.73. The summed E-state index contributed by atoms with van der Waals surface area (Å²) in [6, 6.07) is 12.8. The van der Waals surface area contributed by atoms with E-state index in [9.17, 15) is 5.11 Å². The molecule has 192 valence electrons. The van der Waals surface area contributed by atoms with E-state index in [1.165, 1.54) is 11.1 Å². The summed E-state index contributed by atoms with van der Waals surface area (Å²) in [5.41, 5.74) is 14.1. The van der Waals surface area contributed by atoms with Crippen molar-refractivity contribution in [3.8, 4) is 0 Å². The summed E-state index contributed by atoms with van der Waals surface area (Å²) in [6.45, 7) is 2.97. The maximum Gasteiger partial charge on any atom is 0.156 e. The quantitative estimate of drug-likeness (QED) is 0.558. The lowest BCUT2D eigenvalue weighted by Crippen LogP contribution is -2.45. The normalized spacial score (nSPS) is 21.2. The second-order valence-corrected chi connectivity index (χ2v) is 10.5. The molecule has 1 fully saturated rings. The number of nitrogens with zero attached hydrogens (tertiary/aromatic N) is 6. The molecule has 1 saturated heterocycles. The average Bonchev–Trinajstić information content (AvgIpc) is 3.46. The van der Waals surface area contributed by atoms with E-state index in [1.54, 1.807) is 0 Å². The second kappa shape index (κ2) is 9.19. The number of anilines is 2. The zero-order valence-corrected chi connectivity index (χ0v) is 20.4. The Morgan fingerprint density at radius 2 is 1.86 bits per heavy atom. The van der Waals surface area contributed by atoms with Crippen molar-refractivity contribution in [3.05, 3.63) is 76.5 Å². The molecule has 8 heteroatoms. The third-order valence-corrected chi connectivity index (χ3v) is 8.62. The molecule has 1 atom stereocenters. The van der Waals surface area contributed by atoms with Gasteiger partial charge in [0.25, 0.3) is 0 Å². The van der Waals surface area contributed by atoms with Crippen LogP contribution in [0.3, 0.4) is 0 Å². The highest BCUT2D eigenvalue weighted by Crippen LogP contribution is 2.51. The van der Waals surface area contributed by atoms with E-state index in [0.29, 0.717) is 12.2 Å². The largest absolute Gasteiger partial charge is 0.390 e. The molecule has 3 aliphatic heterocycles. The summed E-state index contributed by atoms with van der Waals surface area (Å²) in [6.07, 6.45) is 6.91. The summed E-state index contributed by atoms with van der Waals surface area (Å²) in [4.78, 5) is 23.9. The Kier molecular flexibility index (Phi) is 5.96. The average molecular weight is 498 g/mol. The number of benzene rings is 1. The minimum atomic E-state index is -0.145. The van der Waals surface area contributed by atoms with Gasteiger partial charge < -0.3 is 20.6 Å². The SMILES string of the molecule is C.NC1c2ccccc2CC12CCN(c1nc3c(nc1CO)C(N1CCCc4ncccc41)=NC3)CC2. The van der Waals surface area contributed by atoms with Crippen molar-refractivity contribution >= 4 is 17.3 Å². The van der Waals surface area contributed by atoms with Gasteiger partial charge in [-0.2, -0.15) is 0 Å². The van der Waals surface area contributed by atoms with Crippen LogP contribution in [0.1, 0.15) is 66.6 Å². The lowest BCUT2D eigenvalue weighted by Gasteiger charge is -2.43. The van der Waals surface area contributed by atoms with Crippen LogP contribution >= 0.6 is 0 Å². The summed E-state index contributed by atoms with van der Waals surface area (Å²) in [5.74, 6) is 1.65. The standard InChI is InChI=1S/C28H31N7O.CH4/c29-25-19-6-2-1-5-18(19)15-28(25)9-13-34(14-10-28)26-22(17-36)32-24-21(33-26)16-31-27(24)35-12-4-7-20-23(35)8-3-11-30-20;/h1-3,5-6,8,11,25,36H,4,7,9-10,12-17,29H2;1H4. The Labute approximate surface area is 218 Å². The zero-order chi connectivity index (χ0) is 24.3. The third-order valence-electron chi connectivity index (χ3n) is 8.62. The first-order valence-electron chi connectivity index (χ1n) is 13.0. The van der Waals surface area contributed by atoms with Gasteiger partial charge in [-0.05, 0) is 60.8 Å². The number of piperidine rings is 1. The molecule has 3 aromatic rings. The third kappa shape index (κ3) is 3.73.